The molecular formula is C29H42N4O2S2. The summed E-state index contributed by atoms with van der Waals surface area (Å²) < 4.78 is 2.38. The van der Waals surface area contributed by atoms with Crippen molar-refractivity contribution in [1.29, 1.82) is 5.26 Å². The molecule has 1 aromatic rings. The minimum absolute atomic E-state index is 0.0685. The first-order valence-corrected chi connectivity index (χ1v) is 15.1. The smallest absolute Gasteiger partial charge is 0.270 e. The Labute approximate surface area is 232 Å². The van der Waals surface area contributed by atoms with Gasteiger partial charge in [-0.15, -0.1) is 0 Å². The predicted octanol–water partition coefficient (Wildman–Crippen LogP) is 6.48. The third-order valence-corrected chi connectivity index (χ3v) is 8.76. The predicted molar refractivity (Wildman–Crippen MR) is 159 cm³/mol. The maximum absolute atomic E-state index is 13.5. The topological polar surface area (TPSA) is 69.3 Å². The van der Waals surface area contributed by atoms with E-state index in [1.54, 1.807) is 9.47 Å². The molecule has 8 heteroatoms. The Hall–Kier alpha value is -2.11. The number of carbonyl (C=O) groups is 1. The fraction of sp³-hybridized carbons (Fsp3) is 0.655. The molecule has 0 N–H and O–H groups in total. The second kappa shape index (κ2) is 13.6. The summed E-state index contributed by atoms with van der Waals surface area (Å²) in [5.41, 5.74) is 1.38. The average Bonchev–Trinajstić information content (AvgIpc) is 3.11. The van der Waals surface area contributed by atoms with Crippen LogP contribution in [-0.4, -0.2) is 39.3 Å². The lowest BCUT2D eigenvalue weighted by Crippen LogP contribution is -2.43. The molecule has 6 nitrogen and oxygen atoms in total. The normalized spacial score (nSPS) is 21.2. The third-order valence-electron chi connectivity index (χ3n) is 7.38. The molecule has 1 amide bonds. The second-order valence-electron chi connectivity index (χ2n) is 10.8. The number of nitrogens with zero attached hydrogens (tertiary/aromatic N) is 4. The van der Waals surface area contributed by atoms with Crippen molar-refractivity contribution >= 4 is 46.1 Å². The van der Waals surface area contributed by atoms with Crippen LogP contribution in [0.25, 0.3) is 6.08 Å². The molecule has 3 heterocycles. The molecule has 2 saturated heterocycles. The monoisotopic (exact) mass is 542 g/mol. The van der Waals surface area contributed by atoms with Gasteiger partial charge in [-0.25, -0.2) is 0 Å². The number of anilines is 1. The number of rotatable bonds is 11. The zero-order valence-electron chi connectivity index (χ0n) is 23.1. The molecule has 0 aliphatic carbocycles. The summed E-state index contributed by atoms with van der Waals surface area (Å²) in [7, 11) is 0. The van der Waals surface area contributed by atoms with Crippen molar-refractivity contribution in [2.75, 3.05) is 24.5 Å². The first-order valence-electron chi connectivity index (χ1n) is 13.9. The third kappa shape index (κ3) is 6.86. The first-order chi connectivity index (χ1) is 17.7. The number of unbranched alkanes of at least 4 members (excludes halogenated alkanes) is 5. The molecule has 0 bridgehead atoms. The summed E-state index contributed by atoms with van der Waals surface area (Å²) in [5.74, 6) is 1.76. The van der Waals surface area contributed by atoms with Gasteiger partial charge in [-0.1, -0.05) is 83.8 Å². The average molecular weight is 543 g/mol. The Morgan fingerprint density at radius 1 is 1.03 bits per heavy atom. The summed E-state index contributed by atoms with van der Waals surface area (Å²) in [6, 6.07) is 2.16. The largest absolute Gasteiger partial charge is 0.357 e. The van der Waals surface area contributed by atoms with Crippen LogP contribution in [0.2, 0.25) is 0 Å². The molecule has 202 valence electrons. The van der Waals surface area contributed by atoms with Crippen LogP contribution in [0.5, 0.6) is 0 Å². The van der Waals surface area contributed by atoms with E-state index in [1.165, 1.54) is 31.0 Å². The van der Waals surface area contributed by atoms with Gasteiger partial charge in [0.05, 0.1) is 4.91 Å². The Bertz CT molecular complexity index is 1120. The van der Waals surface area contributed by atoms with Crippen LogP contribution in [0.3, 0.4) is 0 Å². The van der Waals surface area contributed by atoms with Gasteiger partial charge in [0.2, 0.25) is 0 Å². The Morgan fingerprint density at radius 3 is 2.30 bits per heavy atom. The number of carbonyl (C=O) groups excluding carboxylic acids is 1. The lowest BCUT2D eigenvalue weighted by atomic mass is 9.91. The van der Waals surface area contributed by atoms with E-state index >= 15 is 0 Å². The molecule has 2 unspecified atom stereocenters. The minimum Gasteiger partial charge on any atom is -0.357 e. The molecule has 2 aliphatic heterocycles. The molecule has 0 saturated carbocycles. The van der Waals surface area contributed by atoms with E-state index in [-0.39, 0.29) is 17.0 Å². The molecule has 3 rings (SSSR count). The van der Waals surface area contributed by atoms with Crippen LogP contribution in [0, 0.1) is 30.1 Å². The minimum atomic E-state index is -0.230. The Kier molecular flexibility index (Phi) is 10.8. The number of aromatic nitrogens is 1. The number of thioether (sulfide) groups is 1. The van der Waals surface area contributed by atoms with Crippen LogP contribution >= 0.6 is 24.0 Å². The van der Waals surface area contributed by atoms with Crippen molar-refractivity contribution in [3.05, 3.63) is 31.9 Å². The SMILES string of the molecule is CCCCCCCN1C(=O)C(=Cc2c(C)c(C#N)c(=O)n(CCCC)c2N2CC(C)CC(C)C2)SC1=S. The zero-order valence-corrected chi connectivity index (χ0v) is 24.8. The quantitative estimate of drug-likeness (QED) is 0.181. The van der Waals surface area contributed by atoms with Crippen molar-refractivity contribution in [3.8, 4) is 6.07 Å². The highest BCUT2D eigenvalue weighted by molar-refractivity contribution is 8.26. The van der Waals surface area contributed by atoms with E-state index in [1.807, 2.05) is 13.0 Å². The molecule has 0 radical (unpaired) electrons. The standard InChI is InChI=1S/C29H42N4O2S2/c1-6-8-10-11-12-14-33-28(35)25(37-29(33)36)16-23-22(5)24(17-30)27(34)32(13-9-7-2)26(23)31-18-20(3)15-21(4)19-31/h16,20-21H,6-15,18-19H2,1-5H3. The molecule has 1 aromatic heterocycles. The summed E-state index contributed by atoms with van der Waals surface area (Å²) in [6.45, 7) is 13.5. The van der Waals surface area contributed by atoms with E-state index in [4.69, 9.17) is 12.2 Å². The number of hydrogen-bond donors (Lipinski definition) is 0. The number of amides is 1. The van der Waals surface area contributed by atoms with Gasteiger partial charge in [-0.05, 0) is 49.7 Å². The van der Waals surface area contributed by atoms with Gasteiger partial charge in [0, 0.05) is 31.7 Å². The summed E-state index contributed by atoms with van der Waals surface area (Å²) in [6.07, 6.45) is 10.4. The van der Waals surface area contributed by atoms with E-state index in [9.17, 15) is 14.9 Å². The molecule has 0 aromatic carbocycles. The van der Waals surface area contributed by atoms with Crippen molar-refractivity contribution in [2.24, 2.45) is 11.8 Å². The van der Waals surface area contributed by atoms with Gasteiger partial charge in [0.1, 0.15) is 21.8 Å². The lowest BCUT2D eigenvalue weighted by Gasteiger charge is -2.39. The zero-order chi connectivity index (χ0) is 27.1. The number of thiocarbonyl (C=S) groups is 1. The second-order valence-corrected chi connectivity index (χ2v) is 12.4. The highest BCUT2D eigenvalue weighted by atomic mass is 32.2. The van der Waals surface area contributed by atoms with E-state index in [0.717, 1.165) is 56.6 Å². The van der Waals surface area contributed by atoms with Crippen LogP contribution in [-0.2, 0) is 11.3 Å². The Morgan fingerprint density at radius 2 is 1.68 bits per heavy atom. The highest BCUT2D eigenvalue weighted by Gasteiger charge is 2.34. The van der Waals surface area contributed by atoms with Crippen LogP contribution < -0.4 is 10.5 Å². The van der Waals surface area contributed by atoms with Crippen LogP contribution in [0.15, 0.2) is 9.70 Å². The number of nitriles is 1. The molecule has 2 fully saturated rings. The van der Waals surface area contributed by atoms with Crippen LogP contribution in [0.4, 0.5) is 5.82 Å². The Balaban J connectivity index is 2.07. The van der Waals surface area contributed by atoms with Gasteiger partial charge in [-0.3, -0.25) is 19.1 Å². The maximum Gasteiger partial charge on any atom is 0.270 e. The van der Waals surface area contributed by atoms with Crippen molar-refractivity contribution < 1.29 is 4.79 Å². The van der Waals surface area contributed by atoms with E-state index in [0.29, 0.717) is 39.7 Å². The van der Waals surface area contributed by atoms with Crippen molar-refractivity contribution in [3.63, 3.8) is 0 Å². The van der Waals surface area contributed by atoms with Crippen molar-refractivity contribution in [1.82, 2.24) is 9.47 Å². The first kappa shape index (κ1) is 29.4. The van der Waals surface area contributed by atoms with Crippen molar-refractivity contribution in [2.45, 2.75) is 92.5 Å². The number of piperidine rings is 1. The summed E-state index contributed by atoms with van der Waals surface area (Å²) in [4.78, 5) is 31.5. The molecule has 0 spiro atoms. The molecule has 2 atom stereocenters. The van der Waals surface area contributed by atoms with Crippen LogP contribution in [0.1, 0.15) is 95.8 Å². The van der Waals surface area contributed by atoms with Gasteiger partial charge in [0.25, 0.3) is 11.5 Å². The highest BCUT2D eigenvalue weighted by Crippen LogP contribution is 2.37. The summed E-state index contributed by atoms with van der Waals surface area (Å²) >= 11 is 6.93. The summed E-state index contributed by atoms with van der Waals surface area (Å²) in [5, 5.41) is 9.92. The maximum atomic E-state index is 13.5. The molecule has 37 heavy (non-hydrogen) atoms. The van der Waals surface area contributed by atoms with Gasteiger partial charge in [-0.2, -0.15) is 5.26 Å². The van der Waals surface area contributed by atoms with E-state index < -0.39 is 0 Å². The van der Waals surface area contributed by atoms with Gasteiger partial charge < -0.3 is 4.90 Å². The molecule has 2 aliphatic rings. The number of hydrogen-bond acceptors (Lipinski definition) is 6. The van der Waals surface area contributed by atoms with E-state index in [2.05, 4.69) is 38.7 Å². The lowest BCUT2D eigenvalue weighted by molar-refractivity contribution is -0.122. The van der Waals surface area contributed by atoms with Gasteiger partial charge in [0.15, 0.2) is 0 Å². The fourth-order valence-corrected chi connectivity index (χ4v) is 6.83. The molecular weight excluding hydrogens is 500 g/mol. The number of pyridine rings is 1. The fourth-order valence-electron chi connectivity index (χ4n) is 5.54. The van der Waals surface area contributed by atoms with Gasteiger partial charge >= 0.3 is 0 Å².